The largest absolute Gasteiger partial charge is 0.490 e. The molecule has 1 aromatic heterocycles. The molecule has 0 atom stereocenters. The molecule has 0 aliphatic rings. The third-order valence-corrected chi connectivity index (χ3v) is 3.03. The van der Waals surface area contributed by atoms with Crippen LogP contribution in [0.1, 0.15) is 6.92 Å². The Hall–Kier alpha value is -1.89. The molecule has 0 radical (unpaired) electrons. The van der Waals surface area contributed by atoms with Gasteiger partial charge in [0.2, 0.25) is 5.75 Å². The van der Waals surface area contributed by atoms with Crippen LogP contribution >= 0.6 is 15.9 Å². The summed E-state index contributed by atoms with van der Waals surface area (Å²) in [6.45, 7) is 2.64. The van der Waals surface area contributed by atoms with Crippen molar-refractivity contribution in [2.45, 2.75) is 6.92 Å². The second-order valence-electron chi connectivity index (χ2n) is 3.88. The number of benzene rings is 1. The topological polar surface area (TPSA) is 59.1 Å². The minimum absolute atomic E-state index is 0.304. The summed E-state index contributed by atoms with van der Waals surface area (Å²) < 4.78 is 19.8. The minimum Gasteiger partial charge on any atom is -0.490 e. The van der Waals surface area contributed by atoms with Gasteiger partial charge in [-0.05, 0) is 25.1 Å². The lowest BCUT2D eigenvalue weighted by Gasteiger charge is -2.14. The second-order valence-corrected chi connectivity index (χ2v) is 4.80. The number of hydrogen-bond acceptors (Lipinski definition) is 5. The maximum Gasteiger partial charge on any atom is 0.204 e. The van der Waals surface area contributed by atoms with Crippen molar-refractivity contribution in [1.29, 1.82) is 0 Å². The molecule has 0 saturated heterocycles. The SMILES string of the molecule is CCNc1ncnc(Nc2cc(Br)ccc2F)c1OC. The summed E-state index contributed by atoms with van der Waals surface area (Å²) in [5.41, 5.74) is 0.304. The minimum atomic E-state index is -0.376. The third kappa shape index (κ3) is 3.16. The number of ether oxygens (including phenoxy) is 1. The summed E-state index contributed by atoms with van der Waals surface area (Å²) in [5, 5.41) is 5.97. The molecule has 0 amide bonds. The maximum absolute atomic E-state index is 13.8. The van der Waals surface area contributed by atoms with Gasteiger partial charge in [-0.25, -0.2) is 14.4 Å². The fourth-order valence-corrected chi connectivity index (χ4v) is 2.03. The summed E-state index contributed by atoms with van der Waals surface area (Å²) in [6.07, 6.45) is 1.39. The van der Waals surface area contributed by atoms with Gasteiger partial charge in [-0.1, -0.05) is 15.9 Å². The molecule has 0 bridgehead atoms. The van der Waals surface area contributed by atoms with E-state index in [1.165, 1.54) is 19.5 Å². The van der Waals surface area contributed by atoms with E-state index in [2.05, 4.69) is 36.5 Å². The average Bonchev–Trinajstić information content (AvgIpc) is 2.43. The van der Waals surface area contributed by atoms with Crippen molar-refractivity contribution in [3.8, 4) is 5.75 Å². The van der Waals surface area contributed by atoms with Crippen molar-refractivity contribution < 1.29 is 9.13 Å². The molecular formula is C13H14BrFN4O. The summed E-state index contributed by atoms with van der Waals surface area (Å²) >= 11 is 3.30. The zero-order chi connectivity index (χ0) is 14.5. The standard InChI is InChI=1S/C13H14BrFN4O/c1-3-16-12-11(20-2)13(18-7-17-12)19-10-6-8(14)4-5-9(10)15/h4-7H,3H2,1-2H3,(H2,16,17,18,19). The van der Waals surface area contributed by atoms with E-state index in [-0.39, 0.29) is 5.82 Å². The van der Waals surface area contributed by atoms with Gasteiger partial charge < -0.3 is 15.4 Å². The zero-order valence-electron chi connectivity index (χ0n) is 11.1. The molecule has 5 nitrogen and oxygen atoms in total. The van der Waals surface area contributed by atoms with Crippen LogP contribution in [0.25, 0.3) is 0 Å². The maximum atomic E-state index is 13.8. The number of nitrogens with zero attached hydrogens (tertiary/aromatic N) is 2. The highest BCUT2D eigenvalue weighted by Crippen LogP contribution is 2.32. The molecule has 0 aliphatic carbocycles. The monoisotopic (exact) mass is 340 g/mol. The molecule has 0 spiro atoms. The molecule has 2 aromatic rings. The Kier molecular flexibility index (Phi) is 4.73. The van der Waals surface area contributed by atoms with Crippen LogP contribution in [-0.2, 0) is 0 Å². The molecule has 20 heavy (non-hydrogen) atoms. The van der Waals surface area contributed by atoms with Gasteiger partial charge in [0.15, 0.2) is 11.6 Å². The zero-order valence-corrected chi connectivity index (χ0v) is 12.7. The fraction of sp³-hybridized carbons (Fsp3) is 0.231. The van der Waals surface area contributed by atoms with E-state index in [4.69, 9.17) is 4.74 Å². The molecule has 2 rings (SSSR count). The highest BCUT2D eigenvalue weighted by atomic mass is 79.9. The van der Waals surface area contributed by atoms with Crippen molar-refractivity contribution in [1.82, 2.24) is 9.97 Å². The smallest absolute Gasteiger partial charge is 0.204 e. The van der Waals surface area contributed by atoms with Crippen LogP contribution in [0.4, 0.5) is 21.7 Å². The van der Waals surface area contributed by atoms with Crippen molar-refractivity contribution in [3.63, 3.8) is 0 Å². The van der Waals surface area contributed by atoms with E-state index in [0.717, 1.165) is 4.47 Å². The Morgan fingerprint density at radius 3 is 2.75 bits per heavy atom. The van der Waals surface area contributed by atoms with Gasteiger partial charge in [0.25, 0.3) is 0 Å². The van der Waals surface area contributed by atoms with Crippen molar-refractivity contribution in [2.24, 2.45) is 0 Å². The summed E-state index contributed by atoms with van der Waals surface area (Å²) in [4.78, 5) is 8.18. The average molecular weight is 341 g/mol. The predicted molar refractivity (Wildman–Crippen MR) is 80.1 cm³/mol. The van der Waals surface area contributed by atoms with Gasteiger partial charge in [-0.15, -0.1) is 0 Å². The van der Waals surface area contributed by atoms with Gasteiger partial charge in [0, 0.05) is 11.0 Å². The number of hydrogen-bond donors (Lipinski definition) is 2. The van der Waals surface area contributed by atoms with Crippen LogP contribution in [0, 0.1) is 5.82 Å². The lowest BCUT2D eigenvalue weighted by Crippen LogP contribution is -2.06. The Bertz CT molecular complexity index is 609. The third-order valence-electron chi connectivity index (χ3n) is 2.53. The number of nitrogens with one attached hydrogen (secondary N) is 2. The number of methoxy groups -OCH3 is 1. The van der Waals surface area contributed by atoms with Gasteiger partial charge in [0.05, 0.1) is 12.8 Å². The summed E-state index contributed by atoms with van der Waals surface area (Å²) in [5.74, 6) is 1.02. The van der Waals surface area contributed by atoms with Crippen LogP contribution in [0.15, 0.2) is 29.0 Å². The van der Waals surface area contributed by atoms with Gasteiger partial charge in [0.1, 0.15) is 12.1 Å². The normalized spacial score (nSPS) is 10.2. The van der Waals surface area contributed by atoms with Gasteiger partial charge in [-0.2, -0.15) is 0 Å². The lowest BCUT2D eigenvalue weighted by atomic mass is 10.3. The second kappa shape index (κ2) is 6.51. The molecule has 1 heterocycles. The van der Waals surface area contributed by atoms with Crippen LogP contribution in [0.2, 0.25) is 0 Å². The van der Waals surface area contributed by atoms with Crippen LogP contribution < -0.4 is 15.4 Å². The quantitative estimate of drug-likeness (QED) is 0.871. The predicted octanol–water partition coefficient (Wildman–Crippen LogP) is 3.56. The van der Waals surface area contributed by atoms with Crippen molar-refractivity contribution in [3.05, 3.63) is 34.8 Å². The van der Waals surface area contributed by atoms with E-state index in [0.29, 0.717) is 29.6 Å². The Morgan fingerprint density at radius 2 is 2.05 bits per heavy atom. The lowest BCUT2D eigenvalue weighted by molar-refractivity contribution is 0.415. The van der Waals surface area contributed by atoms with E-state index >= 15 is 0 Å². The highest BCUT2D eigenvalue weighted by molar-refractivity contribution is 9.10. The first kappa shape index (κ1) is 14.5. The fourth-order valence-electron chi connectivity index (χ4n) is 1.67. The molecule has 106 valence electrons. The molecule has 0 saturated carbocycles. The van der Waals surface area contributed by atoms with Crippen LogP contribution in [0.3, 0.4) is 0 Å². The summed E-state index contributed by atoms with van der Waals surface area (Å²) in [6, 6.07) is 4.62. The van der Waals surface area contributed by atoms with Gasteiger partial charge in [-0.3, -0.25) is 0 Å². The molecule has 1 aromatic carbocycles. The Balaban J connectivity index is 2.37. The number of anilines is 3. The molecule has 2 N–H and O–H groups in total. The first-order valence-electron chi connectivity index (χ1n) is 6.00. The highest BCUT2D eigenvalue weighted by Gasteiger charge is 2.13. The van der Waals surface area contributed by atoms with E-state index in [9.17, 15) is 4.39 Å². The molecular weight excluding hydrogens is 327 g/mol. The first-order valence-corrected chi connectivity index (χ1v) is 6.80. The van der Waals surface area contributed by atoms with Crippen molar-refractivity contribution >= 4 is 33.3 Å². The number of halogens is 2. The Morgan fingerprint density at radius 1 is 1.30 bits per heavy atom. The molecule has 0 aliphatic heterocycles. The first-order chi connectivity index (χ1) is 9.65. The molecule has 0 fully saturated rings. The number of aromatic nitrogens is 2. The van der Waals surface area contributed by atoms with Crippen LogP contribution in [0.5, 0.6) is 5.75 Å². The molecule has 0 unspecified atom stereocenters. The van der Waals surface area contributed by atoms with Crippen molar-refractivity contribution in [2.75, 3.05) is 24.3 Å². The number of rotatable bonds is 5. The van der Waals surface area contributed by atoms with E-state index in [1.54, 1.807) is 12.1 Å². The van der Waals surface area contributed by atoms with Gasteiger partial charge >= 0.3 is 0 Å². The summed E-state index contributed by atoms with van der Waals surface area (Å²) in [7, 11) is 1.52. The van der Waals surface area contributed by atoms with Crippen LogP contribution in [-0.4, -0.2) is 23.6 Å². The molecule has 7 heteroatoms. The van der Waals surface area contributed by atoms with E-state index in [1.807, 2.05) is 6.92 Å². The Labute approximate surface area is 124 Å². The van der Waals surface area contributed by atoms with E-state index < -0.39 is 0 Å².